The van der Waals surface area contributed by atoms with Crippen LogP contribution in [0.2, 0.25) is 5.02 Å². The van der Waals surface area contributed by atoms with Gasteiger partial charge >= 0.3 is 0 Å². The Morgan fingerprint density at radius 2 is 2.37 bits per heavy atom. The van der Waals surface area contributed by atoms with E-state index < -0.39 is 0 Å². The molecule has 2 rings (SSSR count). The van der Waals surface area contributed by atoms with E-state index >= 15 is 0 Å². The van der Waals surface area contributed by atoms with Gasteiger partial charge in [-0.15, -0.1) is 0 Å². The average molecular weight is 279 g/mol. The number of hydrogen-bond acceptors (Lipinski definition) is 3. The lowest BCUT2D eigenvalue weighted by Crippen LogP contribution is -2.22. The van der Waals surface area contributed by atoms with Gasteiger partial charge in [-0.1, -0.05) is 23.4 Å². The van der Waals surface area contributed by atoms with E-state index in [0.29, 0.717) is 22.8 Å². The Morgan fingerprint density at radius 1 is 1.47 bits per heavy atom. The molecule has 0 spiro atoms. The van der Waals surface area contributed by atoms with E-state index in [1.54, 1.807) is 18.2 Å². The fourth-order valence-electron chi connectivity index (χ4n) is 1.85. The summed E-state index contributed by atoms with van der Waals surface area (Å²) in [5, 5.41) is 0.527. The van der Waals surface area contributed by atoms with Crippen molar-refractivity contribution in [1.29, 1.82) is 0 Å². The first kappa shape index (κ1) is 14.1. The molecule has 0 N–H and O–H groups in total. The second kappa shape index (κ2) is 7.30. The Balaban J connectivity index is 1.90. The summed E-state index contributed by atoms with van der Waals surface area (Å²) in [6.45, 7) is 1.05. The zero-order valence-electron chi connectivity index (χ0n) is 10.5. The number of halogens is 1. The second-order valence-electron chi connectivity index (χ2n) is 4.26. The van der Waals surface area contributed by atoms with Crippen LogP contribution in [0, 0.1) is 11.8 Å². The molecule has 1 aromatic rings. The summed E-state index contributed by atoms with van der Waals surface area (Å²) >= 11 is 5.81. The van der Waals surface area contributed by atoms with E-state index in [2.05, 4.69) is 11.8 Å². The van der Waals surface area contributed by atoms with Gasteiger partial charge in [-0.3, -0.25) is 4.79 Å². The second-order valence-corrected chi connectivity index (χ2v) is 4.69. The molecule has 0 saturated carbocycles. The van der Waals surface area contributed by atoms with Crippen molar-refractivity contribution in [2.24, 2.45) is 0 Å². The van der Waals surface area contributed by atoms with Gasteiger partial charge in [-0.2, -0.15) is 0 Å². The quantitative estimate of drug-likeness (QED) is 0.630. The highest BCUT2D eigenvalue weighted by atomic mass is 35.5. The average Bonchev–Trinajstić information content (AvgIpc) is 2.46. The number of aldehydes is 1. The molecule has 1 fully saturated rings. The third-order valence-corrected chi connectivity index (χ3v) is 3.08. The number of carbonyl (C=O) groups is 1. The SMILES string of the molecule is O=Cc1cc(Cl)ccc1C#CCOC1CCCCO1. The minimum absolute atomic E-state index is 0.140. The zero-order chi connectivity index (χ0) is 13.5. The molecule has 0 aromatic heterocycles. The van der Waals surface area contributed by atoms with Crippen molar-refractivity contribution < 1.29 is 14.3 Å². The molecule has 1 saturated heterocycles. The molecule has 1 aliphatic rings. The van der Waals surface area contributed by atoms with E-state index in [9.17, 15) is 4.79 Å². The number of hydrogen-bond donors (Lipinski definition) is 0. The van der Waals surface area contributed by atoms with Gasteiger partial charge in [-0.25, -0.2) is 0 Å². The van der Waals surface area contributed by atoms with Crippen molar-refractivity contribution in [2.75, 3.05) is 13.2 Å². The highest BCUT2D eigenvalue weighted by Gasteiger charge is 2.12. The summed E-state index contributed by atoms with van der Waals surface area (Å²) in [7, 11) is 0. The third kappa shape index (κ3) is 4.36. The number of ether oxygens (including phenoxy) is 2. The van der Waals surface area contributed by atoms with Crippen LogP contribution in [0.4, 0.5) is 0 Å². The molecule has 3 nitrogen and oxygen atoms in total. The summed E-state index contributed by atoms with van der Waals surface area (Å²) < 4.78 is 10.9. The normalized spacial score (nSPS) is 18.5. The highest BCUT2D eigenvalue weighted by Crippen LogP contribution is 2.14. The zero-order valence-corrected chi connectivity index (χ0v) is 11.3. The largest absolute Gasteiger partial charge is 0.353 e. The van der Waals surface area contributed by atoms with Crippen LogP contribution in [-0.2, 0) is 9.47 Å². The summed E-state index contributed by atoms with van der Waals surface area (Å²) in [5.41, 5.74) is 1.15. The van der Waals surface area contributed by atoms with Crippen molar-refractivity contribution in [3.63, 3.8) is 0 Å². The molecule has 0 radical (unpaired) electrons. The predicted octanol–water partition coefficient (Wildman–Crippen LogP) is 3.05. The molecule has 1 aromatic carbocycles. The Hall–Kier alpha value is -1.34. The van der Waals surface area contributed by atoms with Crippen molar-refractivity contribution >= 4 is 17.9 Å². The lowest BCUT2D eigenvalue weighted by molar-refractivity contribution is -0.154. The van der Waals surface area contributed by atoms with Gasteiger partial charge in [0, 0.05) is 22.8 Å². The van der Waals surface area contributed by atoms with Crippen LogP contribution in [-0.4, -0.2) is 25.8 Å². The highest BCUT2D eigenvalue weighted by molar-refractivity contribution is 6.30. The standard InChI is InChI=1S/C15H15ClO3/c16-14-7-6-12(13(10-14)11-17)4-3-9-19-15-5-1-2-8-18-15/h6-7,10-11,15H,1-2,5,8-9H2. The van der Waals surface area contributed by atoms with Gasteiger partial charge in [0.05, 0.1) is 0 Å². The van der Waals surface area contributed by atoms with Crippen LogP contribution in [0.5, 0.6) is 0 Å². The number of benzene rings is 1. The Morgan fingerprint density at radius 3 is 3.11 bits per heavy atom. The van der Waals surface area contributed by atoms with Gasteiger partial charge in [0.2, 0.25) is 0 Å². The van der Waals surface area contributed by atoms with Crippen LogP contribution < -0.4 is 0 Å². The van der Waals surface area contributed by atoms with Gasteiger partial charge < -0.3 is 9.47 Å². The van der Waals surface area contributed by atoms with Crippen molar-refractivity contribution in [3.8, 4) is 11.8 Å². The molecule has 1 atom stereocenters. The van der Waals surface area contributed by atoms with E-state index in [1.807, 2.05) is 0 Å². The molecule has 100 valence electrons. The number of carbonyl (C=O) groups excluding carboxylic acids is 1. The van der Waals surface area contributed by atoms with E-state index in [4.69, 9.17) is 21.1 Å². The minimum atomic E-state index is -0.140. The van der Waals surface area contributed by atoms with Crippen molar-refractivity contribution in [2.45, 2.75) is 25.6 Å². The molecule has 19 heavy (non-hydrogen) atoms. The molecule has 4 heteroatoms. The van der Waals surface area contributed by atoms with Crippen LogP contribution in [0.25, 0.3) is 0 Å². The van der Waals surface area contributed by atoms with Crippen LogP contribution in [0.1, 0.15) is 35.2 Å². The lowest BCUT2D eigenvalue weighted by atomic mass is 10.1. The molecule has 1 aliphatic heterocycles. The van der Waals surface area contributed by atoms with Gasteiger partial charge in [0.1, 0.15) is 6.61 Å². The van der Waals surface area contributed by atoms with Crippen LogP contribution in [0.15, 0.2) is 18.2 Å². The molecule has 1 heterocycles. The maximum absolute atomic E-state index is 10.9. The minimum Gasteiger partial charge on any atom is -0.353 e. The smallest absolute Gasteiger partial charge is 0.158 e. The fourth-order valence-corrected chi connectivity index (χ4v) is 2.03. The van der Waals surface area contributed by atoms with Crippen molar-refractivity contribution in [3.05, 3.63) is 34.3 Å². The van der Waals surface area contributed by atoms with E-state index in [1.165, 1.54) is 0 Å². The lowest BCUT2D eigenvalue weighted by Gasteiger charge is -2.21. The van der Waals surface area contributed by atoms with E-state index in [0.717, 1.165) is 32.2 Å². The summed E-state index contributed by atoms with van der Waals surface area (Å²) in [4.78, 5) is 10.9. The van der Waals surface area contributed by atoms with Crippen LogP contribution in [0.3, 0.4) is 0 Å². The van der Waals surface area contributed by atoms with E-state index in [-0.39, 0.29) is 6.29 Å². The summed E-state index contributed by atoms with van der Waals surface area (Å²) in [6, 6.07) is 5.05. The first-order valence-corrected chi connectivity index (χ1v) is 6.64. The van der Waals surface area contributed by atoms with Gasteiger partial charge in [-0.05, 0) is 37.5 Å². The van der Waals surface area contributed by atoms with Gasteiger partial charge in [0.15, 0.2) is 12.6 Å². The monoisotopic (exact) mass is 278 g/mol. The molecule has 0 bridgehead atoms. The maximum Gasteiger partial charge on any atom is 0.158 e. The molecule has 1 unspecified atom stereocenters. The Labute approximate surface area is 117 Å². The predicted molar refractivity (Wildman–Crippen MR) is 73.3 cm³/mol. The molecule has 0 aliphatic carbocycles. The van der Waals surface area contributed by atoms with Crippen LogP contribution >= 0.6 is 11.6 Å². The fraction of sp³-hybridized carbons (Fsp3) is 0.400. The Kier molecular flexibility index (Phi) is 5.41. The third-order valence-electron chi connectivity index (χ3n) is 2.84. The summed E-state index contributed by atoms with van der Waals surface area (Å²) in [6.07, 6.45) is 3.76. The number of rotatable bonds is 3. The van der Waals surface area contributed by atoms with Gasteiger partial charge in [0.25, 0.3) is 0 Å². The first-order chi connectivity index (χ1) is 9.29. The Bertz CT molecular complexity index is 496. The molecule has 0 amide bonds. The first-order valence-electron chi connectivity index (χ1n) is 6.26. The molecular formula is C15H15ClO3. The maximum atomic E-state index is 10.9. The van der Waals surface area contributed by atoms with Crippen molar-refractivity contribution in [1.82, 2.24) is 0 Å². The molecular weight excluding hydrogens is 264 g/mol. The topological polar surface area (TPSA) is 35.5 Å². The summed E-state index contributed by atoms with van der Waals surface area (Å²) in [5.74, 6) is 5.80.